The zero-order valence-corrected chi connectivity index (χ0v) is 18.7. The lowest BCUT2D eigenvalue weighted by Gasteiger charge is -2.17. The number of hydrogen-bond acceptors (Lipinski definition) is 7. The smallest absolute Gasteiger partial charge is 0.228 e. The van der Waals surface area contributed by atoms with Crippen LogP contribution in [0.4, 0.5) is 10.9 Å². The van der Waals surface area contributed by atoms with Crippen molar-refractivity contribution in [3.8, 4) is 6.07 Å². The van der Waals surface area contributed by atoms with Crippen LogP contribution in [-0.2, 0) is 17.6 Å². The van der Waals surface area contributed by atoms with E-state index in [4.69, 9.17) is 0 Å². The van der Waals surface area contributed by atoms with Crippen molar-refractivity contribution >= 4 is 40.0 Å². The summed E-state index contributed by atoms with van der Waals surface area (Å²) in [6, 6.07) is 2.83. The number of hydrogen-bond donors (Lipinski definition) is 1. The fourth-order valence-electron chi connectivity index (χ4n) is 4.35. The summed E-state index contributed by atoms with van der Waals surface area (Å²) in [6.45, 7) is 2.12. The first-order valence-corrected chi connectivity index (χ1v) is 12.7. The second kappa shape index (κ2) is 8.60. The molecular formula is C21H26N6OS2. The molecule has 0 radical (unpaired) electrons. The van der Waals surface area contributed by atoms with Crippen LogP contribution in [0, 0.1) is 11.3 Å². The van der Waals surface area contributed by atoms with Gasteiger partial charge >= 0.3 is 0 Å². The summed E-state index contributed by atoms with van der Waals surface area (Å²) in [7, 11) is 0. The van der Waals surface area contributed by atoms with Crippen LogP contribution in [0.2, 0.25) is 0 Å². The number of anilines is 2. The van der Waals surface area contributed by atoms with Gasteiger partial charge in [-0.15, -0.1) is 21.5 Å². The highest BCUT2D eigenvalue weighted by Gasteiger charge is 2.32. The van der Waals surface area contributed by atoms with Gasteiger partial charge in [0.2, 0.25) is 11.9 Å². The maximum atomic E-state index is 12.6. The Hall–Kier alpha value is -2.05. The molecule has 2 aromatic heterocycles. The highest BCUT2D eigenvalue weighted by molar-refractivity contribution is 7.99. The number of nitrogens with zero attached hydrogens (tertiary/aromatic N) is 5. The number of aryl methyl sites for hydroxylation is 1. The molecule has 5 rings (SSSR count). The molecule has 1 N–H and O–H groups in total. The molecule has 2 aromatic rings. The first kappa shape index (κ1) is 19.9. The second-order valence-corrected chi connectivity index (χ2v) is 10.4. The lowest BCUT2D eigenvalue weighted by atomic mass is 9.96. The quantitative estimate of drug-likeness (QED) is 0.649. The fraction of sp³-hybridized carbons (Fsp3) is 0.619. The van der Waals surface area contributed by atoms with Gasteiger partial charge in [-0.3, -0.25) is 9.36 Å². The molecule has 0 aromatic carbocycles. The van der Waals surface area contributed by atoms with Gasteiger partial charge in [-0.1, -0.05) is 11.8 Å². The molecule has 1 saturated heterocycles. The van der Waals surface area contributed by atoms with E-state index in [1.807, 2.05) is 0 Å². The molecule has 3 aliphatic rings. The Balaban J connectivity index is 1.20. The van der Waals surface area contributed by atoms with Crippen LogP contribution in [0.15, 0.2) is 5.16 Å². The Morgan fingerprint density at radius 1 is 1.20 bits per heavy atom. The Kier molecular flexibility index (Phi) is 5.70. The number of amides is 1. The molecule has 1 saturated carbocycles. The Labute approximate surface area is 184 Å². The number of carbonyl (C=O) groups is 1. The van der Waals surface area contributed by atoms with Crippen LogP contribution >= 0.6 is 23.1 Å². The van der Waals surface area contributed by atoms with E-state index in [9.17, 15) is 10.1 Å². The lowest BCUT2D eigenvalue weighted by Crippen LogP contribution is -2.22. The predicted molar refractivity (Wildman–Crippen MR) is 119 cm³/mol. The van der Waals surface area contributed by atoms with Gasteiger partial charge in [-0.25, -0.2) is 0 Å². The Bertz CT molecular complexity index is 981. The van der Waals surface area contributed by atoms with Gasteiger partial charge in [0.15, 0.2) is 5.16 Å². The summed E-state index contributed by atoms with van der Waals surface area (Å²) in [6.07, 6.45) is 9.49. The third-order valence-electron chi connectivity index (χ3n) is 6.04. The van der Waals surface area contributed by atoms with Crippen molar-refractivity contribution in [3.05, 3.63) is 16.0 Å². The molecule has 30 heavy (non-hydrogen) atoms. The highest BCUT2D eigenvalue weighted by Crippen LogP contribution is 2.41. The zero-order chi connectivity index (χ0) is 20.5. The van der Waals surface area contributed by atoms with E-state index in [1.54, 1.807) is 23.1 Å². The van der Waals surface area contributed by atoms with Gasteiger partial charge in [0.05, 0.1) is 5.56 Å². The molecule has 2 aliphatic carbocycles. The molecule has 3 heterocycles. The van der Waals surface area contributed by atoms with E-state index in [-0.39, 0.29) is 5.91 Å². The van der Waals surface area contributed by atoms with Crippen molar-refractivity contribution in [2.45, 2.75) is 69.0 Å². The SMILES string of the molecule is N#Cc1c(NC(=O)CCSc2nnc(N3CCCC3)n2C2CC2)sc2c1CCCC2. The second-order valence-electron chi connectivity index (χ2n) is 8.25. The minimum Gasteiger partial charge on any atom is -0.341 e. The van der Waals surface area contributed by atoms with Crippen molar-refractivity contribution in [1.82, 2.24) is 14.8 Å². The highest BCUT2D eigenvalue weighted by atomic mass is 32.2. The molecule has 158 valence electrons. The maximum Gasteiger partial charge on any atom is 0.228 e. The lowest BCUT2D eigenvalue weighted by molar-refractivity contribution is -0.115. The molecule has 0 atom stereocenters. The first-order chi connectivity index (χ1) is 14.7. The molecule has 2 fully saturated rings. The predicted octanol–water partition coefficient (Wildman–Crippen LogP) is 4.15. The maximum absolute atomic E-state index is 12.6. The fourth-order valence-corrected chi connectivity index (χ4v) is 6.54. The number of nitrogens with one attached hydrogen (secondary N) is 1. The van der Waals surface area contributed by atoms with Crippen molar-refractivity contribution in [2.75, 3.05) is 29.1 Å². The zero-order valence-electron chi connectivity index (χ0n) is 17.0. The third-order valence-corrected chi connectivity index (χ3v) is 8.20. The molecule has 9 heteroatoms. The van der Waals surface area contributed by atoms with Crippen LogP contribution in [0.25, 0.3) is 0 Å². The average Bonchev–Trinajstić information content (AvgIpc) is 3.16. The van der Waals surface area contributed by atoms with E-state index < -0.39 is 0 Å². The van der Waals surface area contributed by atoms with E-state index in [0.29, 0.717) is 23.8 Å². The van der Waals surface area contributed by atoms with Crippen molar-refractivity contribution < 1.29 is 4.79 Å². The molecule has 7 nitrogen and oxygen atoms in total. The summed E-state index contributed by atoms with van der Waals surface area (Å²) < 4.78 is 2.29. The molecule has 1 amide bonds. The Morgan fingerprint density at radius 3 is 2.77 bits per heavy atom. The standard InChI is InChI=1S/C21H26N6OS2/c22-13-16-15-5-1-2-6-17(15)30-19(16)23-18(28)9-12-29-21-25-24-20(26-10-3-4-11-26)27(21)14-7-8-14/h14H,1-12H2,(H,23,28). The molecule has 0 bridgehead atoms. The largest absolute Gasteiger partial charge is 0.341 e. The average molecular weight is 443 g/mol. The van der Waals surface area contributed by atoms with Crippen LogP contribution < -0.4 is 10.2 Å². The number of carbonyl (C=O) groups excluding carboxylic acids is 1. The van der Waals surface area contributed by atoms with Gasteiger partial charge in [0, 0.05) is 36.2 Å². The number of thiophene rings is 1. The number of nitriles is 1. The van der Waals surface area contributed by atoms with Gasteiger partial charge in [-0.2, -0.15) is 5.26 Å². The van der Waals surface area contributed by atoms with Crippen LogP contribution in [0.3, 0.4) is 0 Å². The van der Waals surface area contributed by atoms with Gasteiger partial charge in [0.1, 0.15) is 11.1 Å². The summed E-state index contributed by atoms with van der Waals surface area (Å²) in [5.74, 6) is 1.63. The summed E-state index contributed by atoms with van der Waals surface area (Å²) in [5.41, 5.74) is 1.84. The number of aromatic nitrogens is 3. The third kappa shape index (κ3) is 3.95. The number of rotatable bonds is 7. The van der Waals surface area contributed by atoms with Gasteiger partial charge in [-0.05, 0) is 56.9 Å². The van der Waals surface area contributed by atoms with Gasteiger partial charge in [0.25, 0.3) is 0 Å². The van der Waals surface area contributed by atoms with E-state index in [1.165, 1.54) is 37.0 Å². The van der Waals surface area contributed by atoms with E-state index in [0.717, 1.165) is 54.0 Å². The van der Waals surface area contributed by atoms with Crippen molar-refractivity contribution in [2.24, 2.45) is 0 Å². The minimum absolute atomic E-state index is 0.0325. The van der Waals surface area contributed by atoms with Gasteiger partial charge < -0.3 is 10.2 Å². The number of fused-ring (bicyclic) bond motifs is 1. The monoisotopic (exact) mass is 442 g/mol. The van der Waals surface area contributed by atoms with E-state index in [2.05, 4.69) is 31.1 Å². The van der Waals surface area contributed by atoms with Crippen LogP contribution in [0.5, 0.6) is 0 Å². The van der Waals surface area contributed by atoms with E-state index >= 15 is 0 Å². The molecular weight excluding hydrogens is 416 g/mol. The Morgan fingerprint density at radius 2 is 2.00 bits per heavy atom. The summed E-state index contributed by atoms with van der Waals surface area (Å²) >= 11 is 3.19. The van der Waals surface area contributed by atoms with Crippen LogP contribution in [0.1, 0.15) is 67.0 Å². The minimum atomic E-state index is -0.0325. The summed E-state index contributed by atoms with van der Waals surface area (Å²) in [5, 5.41) is 23.1. The van der Waals surface area contributed by atoms with Crippen molar-refractivity contribution in [1.29, 1.82) is 5.26 Å². The molecule has 0 spiro atoms. The molecule has 0 unspecified atom stereocenters. The topological polar surface area (TPSA) is 86.8 Å². The normalized spacial score (nSPS) is 18.3. The first-order valence-electron chi connectivity index (χ1n) is 10.9. The van der Waals surface area contributed by atoms with Crippen LogP contribution in [-0.4, -0.2) is 39.5 Å². The van der Waals surface area contributed by atoms with Crippen molar-refractivity contribution in [3.63, 3.8) is 0 Å². The number of thioether (sulfide) groups is 1. The molecule has 1 aliphatic heterocycles. The summed E-state index contributed by atoms with van der Waals surface area (Å²) in [4.78, 5) is 16.2.